The van der Waals surface area contributed by atoms with Gasteiger partial charge in [-0.3, -0.25) is 0 Å². The van der Waals surface area contributed by atoms with Crippen LogP contribution in [0, 0.1) is 0 Å². The number of fused-ring (bicyclic) bond motifs is 12. The van der Waals surface area contributed by atoms with E-state index in [1.807, 2.05) is 0 Å². The summed E-state index contributed by atoms with van der Waals surface area (Å²) in [7, 11) is 0. The van der Waals surface area contributed by atoms with Crippen molar-refractivity contribution in [3.05, 3.63) is 192 Å². The van der Waals surface area contributed by atoms with E-state index in [2.05, 4.69) is 170 Å². The van der Waals surface area contributed by atoms with Crippen LogP contribution in [0.5, 0.6) is 11.5 Å². The first kappa shape index (κ1) is 25.9. The molecule has 0 atom stereocenters. The largest absolute Gasteiger partial charge is 0.456 e. The summed E-state index contributed by atoms with van der Waals surface area (Å²) < 4.78 is 6.63. The smallest absolute Gasteiger partial charge is 0.135 e. The minimum atomic E-state index is -0.364. The van der Waals surface area contributed by atoms with Crippen LogP contribution in [0.15, 0.2) is 170 Å². The third-order valence-corrected chi connectivity index (χ3v) is 10.9. The second-order valence-corrected chi connectivity index (χ2v) is 13.1. The van der Waals surface area contributed by atoms with E-state index >= 15 is 0 Å². The second-order valence-electron chi connectivity index (χ2n) is 13.1. The molecule has 11 rings (SSSR count). The molecule has 3 aliphatic rings. The van der Waals surface area contributed by atoms with E-state index in [-0.39, 0.29) is 5.41 Å². The van der Waals surface area contributed by atoms with Crippen molar-refractivity contribution in [3.8, 4) is 67.1 Å². The van der Waals surface area contributed by atoms with E-state index in [0.717, 1.165) is 17.1 Å². The number of benzene rings is 8. The summed E-state index contributed by atoms with van der Waals surface area (Å²) in [5, 5.41) is 2.38. The van der Waals surface area contributed by atoms with Gasteiger partial charge in [0.05, 0.1) is 5.41 Å². The zero-order chi connectivity index (χ0) is 31.4. The van der Waals surface area contributed by atoms with Gasteiger partial charge in [-0.25, -0.2) is 0 Å². The lowest BCUT2D eigenvalue weighted by Crippen LogP contribution is -2.25. The molecule has 222 valence electrons. The molecule has 2 aliphatic carbocycles. The zero-order valence-electron chi connectivity index (χ0n) is 26.1. The maximum absolute atomic E-state index is 6.63. The number of ether oxygens (including phenoxy) is 1. The van der Waals surface area contributed by atoms with Gasteiger partial charge in [0.1, 0.15) is 11.5 Å². The fraction of sp³-hybridized carbons (Fsp3) is 0.0213. The Hall–Kier alpha value is -6.18. The van der Waals surface area contributed by atoms with Gasteiger partial charge in [0, 0.05) is 10.9 Å². The number of hydrogen-bond acceptors (Lipinski definition) is 1. The van der Waals surface area contributed by atoms with Crippen LogP contribution in [0.1, 0.15) is 22.3 Å². The fourth-order valence-electron chi connectivity index (χ4n) is 9.04. The van der Waals surface area contributed by atoms with Gasteiger partial charge < -0.3 is 4.74 Å². The summed E-state index contributed by atoms with van der Waals surface area (Å²) >= 11 is 0. The summed E-state index contributed by atoms with van der Waals surface area (Å²) in [5.74, 6) is 1.81. The van der Waals surface area contributed by atoms with Gasteiger partial charge in [-0.15, -0.1) is 0 Å². The third-order valence-electron chi connectivity index (χ3n) is 10.9. The quantitative estimate of drug-likeness (QED) is 0.190. The number of rotatable bonds is 2. The summed E-state index contributed by atoms with van der Waals surface area (Å²) in [4.78, 5) is 0. The zero-order valence-corrected chi connectivity index (χ0v) is 26.1. The maximum Gasteiger partial charge on any atom is 0.135 e. The molecule has 0 N–H and O–H groups in total. The molecule has 1 aliphatic heterocycles. The van der Waals surface area contributed by atoms with E-state index in [0.29, 0.717) is 0 Å². The maximum atomic E-state index is 6.63. The third kappa shape index (κ3) is 3.21. The Bertz CT molecular complexity index is 2600. The van der Waals surface area contributed by atoms with Crippen molar-refractivity contribution in [2.45, 2.75) is 5.41 Å². The molecule has 0 unspecified atom stereocenters. The highest BCUT2D eigenvalue weighted by Gasteiger charge is 2.52. The molecule has 1 heterocycles. The first-order valence-corrected chi connectivity index (χ1v) is 16.7. The average Bonchev–Trinajstić information content (AvgIpc) is 3.63. The van der Waals surface area contributed by atoms with Crippen LogP contribution in [0.4, 0.5) is 0 Å². The van der Waals surface area contributed by atoms with Gasteiger partial charge in [0.15, 0.2) is 0 Å². The van der Waals surface area contributed by atoms with Crippen LogP contribution < -0.4 is 4.74 Å². The van der Waals surface area contributed by atoms with Crippen LogP contribution in [0.25, 0.3) is 66.4 Å². The Kier molecular flexibility index (Phi) is 5.10. The minimum Gasteiger partial charge on any atom is -0.456 e. The number of hydrogen-bond donors (Lipinski definition) is 0. The van der Waals surface area contributed by atoms with Gasteiger partial charge in [0.25, 0.3) is 0 Å². The Morgan fingerprint density at radius 1 is 0.333 bits per heavy atom. The monoisotopic (exact) mass is 608 g/mol. The lowest BCUT2D eigenvalue weighted by molar-refractivity contribution is 0.487. The summed E-state index contributed by atoms with van der Waals surface area (Å²) in [5.41, 5.74) is 17.6. The van der Waals surface area contributed by atoms with Crippen LogP contribution in [0.2, 0.25) is 0 Å². The van der Waals surface area contributed by atoms with E-state index in [1.165, 1.54) is 83.1 Å². The molecular formula is C47H28O. The van der Waals surface area contributed by atoms with E-state index in [9.17, 15) is 0 Å². The lowest BCUT2D eigenvalue weighted by Gasteiger charge is -2.30. The Morgan fingerprint density at radius 2 is 0.917 bits per heavy atom. The second kappa shape index (κ2) is 9.44. The molecule has 0 amide bonds. The molecule has 0 aromatic heterocycles. The highest BCUT2D eigenvalue weighted by atomic mass is 16.5. The molecule has 0 saturated heterocycles. The Morgan fingerprint density at radius 3 is 1.69 bits per heavy atom. The van der Waals surface area contributed by atoms with Crippen molar-refractivity contribution in [2.24, 2.45) is 0 Å². The standard InChI is InChI=1S/C47H28O/c1-2-12-29(13-3-1)30-24-26-43-38(28-30)36-18-10-17-35-31(25-27-44(48-43)46(35)36)34-19-11-23-42-45(34)37-16-6-9-22-41(37)47(42)39-20-7-4-14-32(39)33-15-5-8-21-40(33)47/h1-28H. The highest BCUT2D eigenvalue weighted by molar-refractivity contribution is 6.12. The Balaban J connectivity index is 1.18. The molecule has 1 nitrogen and oxygen atoms in total. The first-order valence-electron chi connectivity index (χ1n) is 16.7. The van der Waals surface area contributed by atoms with Crippen molar-refractivity contribution in [3.63, 3.8) is 0 Å². The van der Waals surface area contributed by atoms with Gasteiger partial charge >= 0.3 is 0 Å². The first-order chi connectivity index (χ1) is 23.8. The van der Waals surface area contributed by atoms with Crippen LogP contribution in [0.3, 0.4) is 0 Å². The van der Waals surface area contributed by atoms with Gasteiger partial charge in [-0.2, -0.15) is 0 Å². The SMILES string of the molecule is c1ccc(-c2ccc3c(c2)-c2cccc4c(-c5cccc6c5-c5ccccc5C65c6ccccc6-c6ccccc65)ccc(c24)O3)cc1. The van der Waals surface area contributed by atoms with Gasteiger partial charge in [0.2, 0.25) is 0 Å². The Labute approximate surface area is 279 Å². The van der Waals surface area contributed by atoms with Crippen LogP contribution in [-0.4, -0.2) is 0 Å². The molecule has 8 aromatic carbocycles. The van der Waals surface area contributed by atoms with Gasteiger partial charge in [-0.1, -0.05) is 152 Å². The topological polar surface area (TPSA) is 9.23 Å². The predicted octanol–water partition coefficient (Wildman–Crippen LogP) is 12.3. The minimum absolute atomic E-state index is 0.364. The average molecular weight is 609 g/mol. The van der Waals surface area contributed by atoms with Gasteiger partial charge in [-0.05, 0) is 95.9 Å². The molecule has 48 heavy (non-hydrogen) atoms. The normalized spacial score (nSPS) is 13.8. The van der Waals surface area contributed by atoms with Crippen LogP contribution >= 0.6 is 0 Å². The van der Waals surface area contributed by atoms with Crippen molar-refractivity contribution in [1.82, 2.24) is 0 Å². The highest BCUT2D eigenvalue weighted by Crippen LogP contribution is 2.64. The molecule has 1 spiro atoms. The van der Waals surface area contributed by atoms with Crippen molar-refractivity contribution < 1.29 is 4.74 Å². The van der Waals surface area contributed by atoms with Crippen molar-refractivity contribution >= 4 is 10.8 Å². The summed E-state index contributed by atoms with van der Waals surface area (Å²) in [6, 6.07) is 62.3. The summed E-state index contributed by atoms with van der Waals surface area (Å²) in [6.07, 6.45) is 0. The predicted molar refractivity (Wildman–Crippen MR) is 197 cm³/mol. The molecule has 0 bridgehead atoms. The van der Waals surface area contributed by atoms with E-state index < -0.39 is 0 Å². The molecular weight excluding hydrogens is 581 g/mol. The van der Waals surface area contributed by atoms with E-state index in [1.54, 1.807) is 0 Å². The van der Waals surface area contributed by atoms with E-state index in [4.69, 9.17) is 4.74 Å². The molecule has 0 fully saturated rings. The molecule has 8 aromatic rings. The molecule has 0 radical (unpaired) electrons. The molecule has 1 heteroatoms. The fourth-order valence-corrected chi connectivity index (χ4v) is 9.04. The van der Waals surface area contributed by atoms with Crippen molar-refractivity contribution in [2.75, 3.05) is 0 Å². The van der Waals surface area contributed by atoms with Crippen molar-refractivity contribution in [1.29, 1.82) is 0 Å². The van der Waals surface area contributed by atoms with Crippen LogP contribution in [-0.2, 0) is 5.41 Å². The lowest BCUT2D eigenvalue weighted by atomic mass is 9.70. The summed E-state index contributed by atoms with van der Waals surface area (Å²) in [6.45, 7) is 0. The molecule has 0 saturated carbocycles.